The minimum Gasteiger partial charge on any atom is -0.322 e. The number of carbonyl (C=O) groups excluding carboxylic acids is 1. The molecule has 0 bridgehead atoms. The fourth-order valence-electron chi connectivity index (χ4n) is 3.98. The third kappa shape index (κ3) is 3.75. The van der Waals surface area contributed by atoms with Crippen molar-refractivity contribution in [1.29, 1.82) is 0 Å². The zero-order valence-corrected chi connectivity index (χ0v) is 18.2. The molecule has 0 aliphatic carbocycles. The van der Waals surface area contributed by atoms with E-state index in [1.807, 2.05) is 0 Å². The van der Waals surface area contributed by atoms with Crippen molar-refractivity contribution < 1.29 is 22.2 Å². The average Bonchev–Trinajstić information content (AvgIpc) is 2.80. The van der Waals surface area contributed by atoms with Gasteiger partial charge in [-0.1, -0.05) is 30.3 Å². The molecule has 0 spiro atoms. The normalized spacial score (nSPS) is 15.6. The van der Waals surface area contributed by atoms with Crippen LogP contribution in [0.4, 0.5) is 23.7 Å². The molecule has 2 amide bonds. The van der Waals surface area contributed by atoms with Crippen molar-refractivity contribution in [1.82, 2.24) is 9.29 Å². The van der Waals surface area contributed by atoms with Crippen LogP contribution in [0.5, 0.6) is 0 Å². The summed E-state index contributed by atoms with van der Waals surface area (Å²) in [6.45, 7) is -0.729. The Balaban J connectivity index is 1.59. The van der Waals surface area contributed by atoms with Crippen molar-refractivity contribution in [2.75, 3.05) is 4.90 Å². The van der Waals surface area contributed by atoms with E-state index in [1.165, 1.54) is 12.1 Å². The van der Waals surface area contributed by atoms with Gasteiger partial charge in [-0.15, -0.1) is 0 Å². The molecular formula is C24H16F3N3O3S. The zero-order chi connectivity index (χ0) is 24.0. The Hall–Kier alpha value is -3.92. The van der Waals surface area contributed by atoms with Gasteiger partial charge in [-0.25, -0.2) is 26.5 Å². The second kappa shape index (κ2) is 8.45. The van der Waals surface area contributed by atoms with Crippen LogP contribution < -0.4 is 10.5 Å². The van der Waals surface area contributed by atoms with Gasteiger partial charge in [-0.2, -0.15) is 0 Å². The number of anilines is 1. The molecule has 0 saturated carbocycles. The second-order valence-electron chi connectivity index (χ2n) is 7.67. The first-order chi connectivity index (χ1) is 16.3. The molecule has 1 aliphatic heterocycles. The zero-order valence-electron chi connectivity index (χ0n) is 17.4. The number of aromatic nitrogens is 1. The van der Waals surface area contributed by atoms with Gasteiger partial charge < -0.3 is 4.98 Å². The molecule has 10 heteroatoms. The Labute approximate surface area is 193 Å². The van der Waals surface area contributed by atoms with Crippen molar-refractivity contribution in [2.24, 2.45) is 0 Å². The smallest absolute Gasteiger partial charge is 0.322 e. The summed E-state index contributed by atoms with van der Waals surface area (Å²) in [6, 6.07) is 14.9. The van der Waals surface area contributed by atoms with Crippen LogP contribution in [0.3, 0.4) is 0 Å². The number of hydrogen-bond donors (Lipinski definition) is 1. The van der Waals surface area contributed by atoms with Gasteiger partial charge in [0.05, 0.1) is 23.7 Å². The predicted molar refractivity (Wildman–Crippen MR) is 121 cm³/mol. The van der Waals surface area contributed by atoms with Gasteiger partial charge in [0.2, 0.25) is 5.56 Å². The van der Waals surface area contributed by atoms with Gasteiger partial charge in [0, 0.05) is 34.7 Å². The quantitative estimate of drug-likeness (QED) is 0.461. The molecule has 0 radical (unpaired) electrons. The Morgan fingerprint density at radius 1 is 0.853 bits per heavy atom. The van der Waals surface area contributed by atoms with Gasteiger partial charge in [0.1, 0.15) is 17.5 Å². The molecule has 172 valence electrons. The standard InChI is InChI=1S/C24H16F3N3O3S/c25-15-10-18(26)17(19(27)11-15)13-29-21-7-3-4-8-22(21)34(33)30(24(29)32)12-14-9-23(31)28-20-6-2-1-5-16(14)20/h1-11H,12-13H2,(H,28,31). The van der Waals surface area contributed by atoms with Crippen LogP contribution in [-0.4, -0.2) is 19.5 Å². The van der Waals surface area contributed by atoms with E-state index in [-0.39, 0.29) is 17.1 Å². The topological polar surface area (TPSA) is 73.5 Å². The number of aromatic amines is 1. The molecule has 1 unspecified atom stereocenters. The fourth-order valence-corrected chi connectivity index (χ4v) is 5.26. The highest BCUT2D eigenvalue weighted by molar-refractivity contribution is 7.83. The van der Waals surface area contributed by atoms with Gasteiger partial charge in [-0.3, -0.25) is 9.69 Å². The van der Waals surface area contributed by atoms with E-state index in [0.717, 1.165) is 9.21 Å². The largest absolute Gasteiger partial charge is 0.337 e. The monoisotopic (exact) mass is 483 g/mol. The number of benzene rings is 3. The molecule has 34 heavy (non-hydrogen) atoms. The van der Waals surface area contributed by atoms with Gasteiger partial charge in [-0.05, 0) is 23.8 Å². The summed E-state index contributed by atoms with van der Waals surface area (Å²) in [7, 11) is -1.94. The maximum absolute atomic E-state index is 14.4. The highest BCUT2D eigenvalue weighted by Crippen LogP contribution is 2.35. The first-order valence-electron chi connectivity index (χ1n) is 10.2. The van der Waals surface area contributed by atoms with E-state index < -0.39 is 52.1 Å². The van der Waals surface area contributed by atoms with Crippen LogP contribution in [0.15, 0.2) is 76.4 Å². The van der Waals surface area contributed by atoms with Gasteiger partial charge in [0.15, 0.2) is 11.0 Å². The number of nitrogens with one attached hydrogen (secondary N) is 1. The third-order valence-electron chi connectivity index (χ3n) is 5.56. The van der Waals surface area contributed by atoms with E-state index in [0.29, 0.717) is 28.6 Å². The summed E-state index contributed by atoms with van der Waals surface area (Å²) in [4.78, 5) is 29.7. The Bertz CT molecular complexity index is 1520. The first kappa shape index (κ1) is 21.9. The number of nitrogens with zero attached hydrogens (tertiary/aromatic N) is 2. The van der Waals surface area contributed by atoms with Crippen LogP contribution in [0, 0.1) is 17.5 Å². The van der Waals surface area contributed by atoms with Crippen LogP contribution in [-0.2, 0) is 24.1 Å². The summed E-state index contributed by atoms with van der Waals surface area (Å²) < 4.78 is 56.5. The van der Waals surface area contributed by atoms with Gasteiger partial charge in [0.25, 0.3) is 0 Å². The lowest BCUT2D eigenvalue weighted by Crippen LogP contribution is -2.48. The lowest BCUT2D eigenvalue weighted by molar-refractivity contribution is 0.228. The van der Waals surface area contributed by atoms with Crippen molar-refractivity contribution >= 4 is 33.6 Å². The van der Waals surface area contributed by atoms with Gasteiger partial charge >= 0.3 is 6.03 Å². The summed E-state index contributed by atoms with van der Waals surface area (Å²) >= 11 is 0. The Morgan fingerprint density at radius 3 is 2.29 bits per heavy atom. The summed E-state index contributed by atoms with van der Waals surface area (Å²) in [5.41, 5.74) is 0.337. The first-order valence-corrected chi connectivity index (χ1v) is 11.3. The number of H-pyrrole nitrogens is 1. The van der Waals surface area contributed by atoms with E-state index in [1.54, 1.807) is 42.5 Å². The SMILES string of the molecule is O=C1N(Cc2c(F)cc(F)cc2F)c2ccccc2S(=O)N1Cc1cc(=O)[nH]c2ccccc12. The van der Waals surface area contributed by atoms with E-state index in [4.69, 9.17) is 0 Å². The minimum absolute atomic E-state index is 0.185. The number of fused-ring (bicyclic) bond motifs is 2. The number of hydrogen-bond acceptors (Lipinski definition) is 3. The molecule has 3 aromatic carbocycles. The van der Waals surface area contributed by atoms with Crippen molar-refractivity contribution in [3.63, 3.8) is 0 Å². The Kier molecular flexibility index (Phi) is 5.45. The van der Waals surface area contributed by atoms with E-state index >= 15 is 0 Å². The lowest BCUT2D eigenvalue weighted by atomic mass is 10.1. The van der Waals surface area contributed by atoms with Crippen LogP contribution in [0.1, 0.15) is 11.1 Å². The number of halogens is 3. The van der Waals surface area contributed by atoms with Crippen LogP contribution in [0.25, 0.3) is 10.9 Å². The number of pyridine rings is 1. The molecule has 1 atom stereocenters. The molecule has 0 saturated heterocycles. The summed E-state index contributed by atoms with van der Waals surface area (Å²) in [5.74, 6) is -3.35. The molecule has 6 nitrogen and oxygen atoms in total. The average molecular weight is 483 g/mol. The fraction of sp³-hybridized carbons (Fsp3) is 0.0833. The maximum atomic E-state index is 14.4. The molecule has 5 rings (SSSR count). The van der Waals surface area contributed by atoms with Crippen molar-refractivity contribution in [3.05, 3.63) is 106 Å². The minimum atomic E-state index is -1.94. The molecule has 1 aliphatic rings. The number of amides is 2. The molecular weight excluding hydrogens is 467 g/mol. The predicted octanol–water partition coefficient (Wildman–Crippen LogP) is 4.61. The van der Waals surface area contributed by atoms with E-state index in [2.05, 4.69) is 4.98 Å². The lowest BCUT2D eigenvalue weighted by Gasteiger charge is -2.36. The molecule has 0 fully saturated rings. The van der Waals surface area contributed by atoms with Crippen LogP contribution in [0.2, 0.25) is 0 Å². The third-order valence-corrected chi connectivity index (χ3v) is 6.97. The Morgan fingerprint density at radius 2 is 1.53 bits per heavy atom. The summed E-state index contributed by atoms with van der Waals surface area (Å²) in [5, 5.41) is 0.660. The molecule has 4 aromatic rings. The van der Waals surface area contributed by atoms with E-state index in [9.17, 15) is 27.0 Å². The molecule has 1 aromatic heterocycles. The highest BCUT2D eigenvalue weighted by Gasteiger charge is 2.37. The summed E-state index contributed by atoms with van der Waals surface area (Å²) in [6.07, 6.45) is 0. The second-order valence-corrected chi connectivity index (χ2v) is 9.05. The van der Waals surface area contributed by atoms with Crippen LogP contribution >= 0.6 is 0 Å². The number of rotatable bonds is 4. The molecule has 1 N–H and O–H groups in total. The molecule has 2 heterocycles. The number of para-hydroxylation sites is 2. The van der Waals surface area contributed by atoms with Crippen molar-refractivity contribution in [2.45, 2.75) is 18.0 Å². The van der Waals surface area contributed by atoms with Crippen molar-refractivity contribution in [3.8, 4) is 0 Å². The maximum Gasteiger partial charge on any atom is 0.337 e. The number of carbonyl (C=O) groups is 1. The highest BCUT2D eigenvalue weighted by atomic mass is 32.2. The number of urea groups is 1.